The van der Waals surface area contributed by atoms with Gasteiger partial charge in [-0.25, -0.2) is 9.78 Å². The van der Waals surface area contributed by atoms with E-state index in [1.165, 1.54) is 12.3 Å². The molecule has 154 valence electrons. The highest BCUT2D eigenvalue weighted by Gasteiger charge is 2.34. The highest BCUT2D eigenvalue weighted by molar-refractivity contribution is 6.21. The Balaban J connectivity index is 1.81. The van der Waals surface area contributed by atoms with Crippen LogP contribution in [0.3, 0.4) is 0 Å². The van der Waals surface area contributed by atoms with Crippen LogP contribution in [0.15, 0.2) is 41.5 Å². The number of carbonyl (C=O) groups is 3. The molecule has 0 aliphatic carbocycles. The van der Waals surface area contributed by atoms with Gasteiger partial charge in [-0.05, 0) is 50.5 Å². The van der Waals surface area contributed by atoms with Crippen molar-refractivity contribution in [3.05, 3.63) is 53.3 Å². The first-order chi connectivity index (χ1) is 14.5. The second-order valence-electron chi connectivity index (χ2n) is 7.28. The first-order valence-electron chi connectivity index (χ1n) is 9.75. The minimum atomic E-state index is -1.15. The van der Waals surface area contributed by atoms with Crippen molar-refractivity contribution < 1.29 is 19.5 Å². The molecule has 9 nitrogen and oxygen atoms in total. The number of rotatable bonds is 1. The van der Waals surface area contributed by atoms with E-state index in [9.17, 15) is 19.5 Å². The molecule has 0 saturated carbocycles. The molecule has 9 heteroatoms. The topological polar surface area (TPSA) is 124 Å². The Hall–Kier alpha value is -3.75. The summed E-state index contributed by atoms with van der Waals surface area (Å²) < 4.78 is 0. The van der Waals surface area contributed by atoms with Gasteiger partial charge in [0.1, 0.15) is 5.69 Å². The van der Waals surface area contributed by atoms with E-state index < -0.39 is 11.9 Å². The van der Waals surface area contributed by atoms with Gasteiger partial charge >= 0.3 is 5.97 Å². The van der Waals surface area contributed by atoms with E-state index in [2.05, 4.69) is 20.6 Å². The Morgan fingerprint density at radius 1 is 1.20 bits per heavy atom. The first kappa shape index (κ1) is 19.6. The van der Waals surface area contributed by atoms with Gasteiger partial charge in [0.2, 0.25) is 5.96 Å². The van der Waals surface area contributed by atoms with E-state index >= 15 is 0 Å². The fourth-order valence-electron chi connectivity index (χ4n) is 3.70. The normalized spacial score (nSPS) is 20.8. The summed E-state index contributed by atoms with van der Waals surface area (Å²) in [6.45, 7) is 2.46. The van der Waals surface area contributed by atoms with Crippen LogP contribution in [0, 0.1) is 0 Å². The molecule has 2 bridgehead atoms. The molecular formula is C21H21N5O4. The molecular weight excluding hydrogens is 386 g/mol. The summed E-state index contributed by atoms with van der Waals surface area (Å²) in [6.07, 6.45) is 3.70. The van der Waals surface area contributed by atoms with Gasteiger partial charge in [-0.15, -0.1) is 0 Å². The SMILES string of the molecule is C[C@H]1CCCCNC(=O)c2cccc(c2)C(=O)/N=C2\Nc3ccnc(C(=O)O)c3N21. The standard InChI is InChI=1S/C21H21N5O4/c1-12-5-2-3-9-23-18(27)13-6-4-7-14(11-13)19(28)25-21-24-15-8-10-22-16(20(29)30)17(15)26(12)21/h4,6-8,10-12H,2-3,5,9H2,1H3,(H,23,27)(H,29,30)(H,24,25,28)/t12-/m0/s1. The monoisotopic (exact) mass is 407 g/mol. The van der Waals surface area contributed by atoms with Crippen LogP contribution in [0.2, 0.25) is 0 Å². The average molecular weight is 407 g/mol. The van der Waals surface area contributed by atoms with Crippen LogP contribution in [0.4, 0.5) is 11.4 Å². The molecule has 3 N–H and O–H groups in total. The van der Waals surface area contributed by atoms with E-state index in [0.717, 1.165) is 12.8 Å². The molecule has 2 amide bonds. The summed E-state index contributed by atoms with van der Waals surface area (Å²) >= 11 is 0. The van der Waals surface area contributed by atoms with Crippen molar-refractivity contribution in [1.29, 1.82) is 0 Å². The number of fused-ring (bicyclic) bond motifs is 5. The second-order valence-corrected chi connectivity index (χ2v) is 7.28. The zero-order chi connectivity index (χ0) is 21.3. The van der Waals surface area contributed by atoms with Crippen LogP contribution in [0.5, 0.6) is 0 Å². The van der Waals surface area contributed by atoms with Gasteiger partial charge in [-0.1, -0.05) is 6.07 Å². The van der Waals surface area contributed by atoms with Crippen molar-refractivity contribution >= 4 is 35.1 Å². The fraction of sp³-hybridized carbons (Fsp3) is 0.286. The third-order valence-electron chi connectivity index (χ3n) is 5.20. The third kappa shape index (κ3) is 3.61. The molecule has 4 rings (SSSR count). The molecule has 0 unspecified atom stereocenters. The zero-order valence-electron chi connectivity index (χ0n) is 16.4. The predicted octanol–water partition coefficient (Wildman–Crippen LogP) is 2.51. The Labute approximate surface area is 172 Å². The minimum absolute atomic E-state index is 0.0973. The molecule has 0 fully saturated rings. The summed E-state index contributed by atoms with van der Waals surface area (Å²) in [5, 5.41) is 15.5. The van der Waals surface area contributed by atoms with Gasteiger partial charge in [0.15, 0.2) is 5.69 Å². The van der Waals surface area contributed by atoms with Crippen LogP contribution < -0.4 is 15.5 Å². The number of hydrogen-bond acceptors (Lipinski definition) is 6. The third-order valence-corrected chi connectivity index (χ3v) is 5.20. The van der Waals surface area contributed by atoms with Crippen LogP contribution in [0.25, 0.3) is 0 Å². The van der Waals surface area contributed by atoms with E-state index in [1.807, 2.05) is 6.92 Å². The number of carboxylic acids is 1. The fourth-order valence-corrected chi connectivity index (χ4v) is 3.70. The molecule has 0 saturated heterocycles. The van der Waals surface area contributed by atoms with Crippen molar-refractivity contribution in [1.82, 2.24) is 10.3 Å². The van der Waals surface area contributed by atoms with Crippen molar-refractivity contribution in [2.45, 2.75) is 32.2 Å². The number of hydrogen-bond donors (Lipinski definition) is 3. The molecule has 1 aromatic carbocycles. The van der Waals surface area contributed by atoms with Gasteiger partial charge in [-0.2, -0.15) is 4.99 Å². The maximum Gasteiger partial charge on any atom is 0.356 e. The molecule has 0 radical (unpaired) electrons. The second kappa shape index (κ2) is 7.94. The first-order valence-corrected chi connectivity index (χ1v) is 9.75. The largest absolute Gasteiger partial charge is 0.476 e. The molecule has 2 aliphatic heterocycles. The van der Waals surface area contributed by atoms with Gasteiger partial charge in [0.25, 0.3) is 11.8 Å². The summed E-state index contributed by atoms with van der Waals surface area (Å²) in [6, 6.07) is 7.90. The van der Waals surface area contributed by atoms with Crippen LogP contribution in [-0.4, -0.2) is 46.4 Å². The molecule has 0 spiro atoms. The molecule has 2 aromatic rings. The van der Waals surface area contributed by atoms with E-state index in [1.54, 1.807) is 29.2 Å². The molecule has 3 heterocycles. The summed E-state index contributed by atoms with van der Waals surface area (Å²) in [5.74, 6) is -1.65. The number of amides is 2. The van der Waals surface area contributed by atoms with Gasteiger partial charge in [0, 0.05) is 29.9 Å². The number of aromatic carboxylic acids is 1. The quantitative estimate of drug-likeness (QED) is 0.663. The highest BCUT2D eigenvalue weighted by Crippen LogP contribution is 2.37. The number of anilines is 2. The van der Waals surface area contributed by atoms with Crippen molar-refractivity contribution in [3.63, 3.8) is 0 Å². The van der Waals surface area contributed by atoms with Crippen molar-refractivity contribution in [2.24, 2.45) is 4.99 Å². The average Bonchev–Trinajstić information content (AvgIpc) is 3.10. The van der Waals surface area contributed by atoms with Gasteiger partial charge in [-0.3, -0.25) is 9.59 Å². The van der Waals surface area contributed by atoms with Gasteiger partial charge < -0.3 is 20.6 Å². The molecule has 30 heavy (non-hydrogen) atoms. The van der Waals surface area contributed by atoms with E-state index in [4.69, 9.17) is 0 Å². The maximum absolute atomic E-state index is 12.9. The Kier molecular flexibility index (Phi) is 5.18. The number of aliphatic imine (C=N–C) groups is 1. The van der Waals surface area contributed by atoms with E-state index in [-0.39, 0.29) is 29.2 Å². The number of pyridine rings is 1. The number of benzene rings is 1. The Bertz CT molecular complexity index is 1070. The van der Waals surface area contributed by atoms with Crippen LogP contribution >= 0.6 is 0 Å². The molecule has 2 aliphatic rings. The molecule has 1 aromatic heterocycles. The highest BCUT2D eigenvalue weighted by atomic mass is 16.4. The number of aromatic nitrogens is 1. The summed E-state index contributed by atoms with van der Waals surface area (Å²) in [7, 11) is 0. The summed E-state index contributed by atoms with van der Waals surface area (Å²) in [4.78, 5) is 46.9. The van der Waals surface area contributed by atoms with Crippen LogP contribution in [0.1, 0.15) is 57.4 Å². The van der Waals surface area contributed by atoms with Gasteiger partial charge in [0.05, 0.1) is 5.69 Å². The number of nitrogens with zero attached hydrogens (tertiary/aromatic N) is 3. The number of nitrogens with one attached hydrogen (secondary N) is 2. The van der Waals surface area contributed by atoms with Crippen LogP contribution in [-0.2, 0) is 0 Å². The van der Waals surface area contributed by atoms with Crippen molar-refractivity contribution in [2.75, 3.05) is 16.8 Å². The number of carbonyl (C=O) groups excluding carboxylic acids is 2. The number of carboxylic acid groups (broad SMARTS) is 1. The lowest BCUT2D eigenvalue weighted by Gasteiger charge is -2.27. The van der Waals surface area contributed by atoms with E-state index in [0.29, 0.717) is 29.9 Å². The molecule has 1 atom stereocenters. The Morgan fingerprint density at radius 3 is 2.80 bits per heavy atom. The minimum Gasteiger partial charge on any atom is -0.476 e. The lowest BCUT2D eigenvalue weighted by Crippen LogP contribution is -2.39. The Morgan fingerprint density at radius 2 is 2.00 bits per heavy atom. The van der Waals surface area contributed by atoms with Crippen molar-refractivity contribution in [3.8, 4) is 0 Å². The predicted molar refractivity (Wildman–Crippen MR) is 111 cm³/mol. The summed E-state index contributed by atoms with van der Waals surface area (Å²) in [5.41, 5.74) is 1.51. The maximum atomic E-state index is 12.9. The smallest absolute Gasteiger partial charge is 0.356 e. The number of guanidine groups is 1. The lowest BCUT2D eigenvalue weighted by atomic mass is 10.1. The zero-order valence-corrected chi connectivity index (χ0v) is 16.4. The lowest BCUT2D eigenvalue weighted by molar-refractivity contribution is 0.0691.